The van der Waals surface area contributed by atoms with Crippen molar-refractivity contribution in [1.82, 2.24) is 15.2 Å². The maximum atomic E-state index is 12.4. The van der Waals surface area contributed by atoms with Crippen LogP contribution in [-0.4, -0.2) is 34.9 Å². The number of carbonyl (C=O) groups is 2. The molecule has 3 heterocycles. The molecule has 0 aromatic carbocycles. The van der Waals surface area contributed by atoms with Crippen molar-refractivity contribution in [3.05, 3.63) is 47.6 Å². The molecule has 6 nitrogen and oxygen atoms in total. The second-order valence-corrected chi connectivity index (χ2v) is 6.68. The lowest BCUT2D eigenvalue weighted by molar-refractivity contribution is -0.126. The van der Waals surface area contributed by atoms with Gasteiger partial charge in [-0.05, 0) is 42.5 Å². The van der Waals surface area contributed by atoms with E-state index < -0.39 is 0 Å². The molecule has 3 rings (SSSR count). The molecule has 3 amide bonds. The molecule has 1 saturated heterocycles. The Morgan fingerprint density at radius 1 is 1.29 bits per heavy atom. The van der Waals surface area contributed by atoms with Gasteiger partial charge >= 0.3 is 6.03 Å². The molecule has 1 atom stereocenters. The predicted octanol–water partition coefficient (Wildman–Crippen LogP) is 2.70. The lowest BCUT2D eigenvalue weighted by Gasteiger charge is -2.31. The fraction of sp³-hybridized carbons (Fsp3) is 0.353. The first kappa shape index (κ1) is 16.4. The smallest absolute Gasteiger partial charge is 0.322 e. The molecule has 0 bridgehead atoms. The third kappa shape index (κ3) is 4.32. The van der Waals surface area contributed by atoms with E-state index in [2.05, 4.69) is 15.6 Å². The van der Waals surface area contributed by atoms with Crippen LogP contribution in [0.3, 0.4) is 0 Å². The zero-order chi connectivity index (χ0) is 16.8. The monoisotopic (exact) mass is 344 g/mol. The van der Waals surface area contributed by atoms with Gasteiger partial charge in [-0.3, -0.25) is 15.1 Å². The molecule has 1 aliphatic rings. The van der Waals surface area contributed by atoms with E-state index in [0.717, 1.165) is 23.5 Å². The molecule has 7 heteroatoms. The van der Waals surface area contributed by atoms with Gasteiger partial charge in [0.05, 0.1) is 23.2 Å². The molecule has 126 valence electrons. The predicted molar refractivity (Wildman–Crippen MR) is 93.7 cm³/mol. The number of piperidine rings is 1. The van der Waals surface area contributed by atoms with Crippen LogP contribution in [0.25, 0.3) is 0 Å². The van der Waals surface area contributed by atoms with E-state index in [1.165, 1.54) is 11.3 Å². The van der Waals surface area contributed by atoms with Crippen molar-refractivity contribution in [2.75, 3.05) is 18.4 Å². The Bertz CT molecular complexity index is 675. The zero-order valence-corrected chi connectivity index (χ0v) is 14.1. The van der Waals surface area contributed by atoms with Crippen molar-refractivity contribution in [2.24, 2.45) is 5.92 Å². The Morgan fingerprint density at radius 3 is 2.96 bits per heavy atom. The highest BCUT2D eigenvalue weighted by Gasteiger charge is 2.28. The summed E-state index contributed by atoms with van der Waals surface area (Å²) in [5.41, 5.74) is 0.828. The number of aromatic nitrogens is 1. The van der Waals surface area contributed by atoms with Crippen molar-refractivity contribution in [1.29, 1.82) is 0 Å². The summed E-state index contributed by atoms with van der Waals surface area (Å²) in [7, 11) is 0. The molecule has 0 spiro atoms. The molecule has 2 aromatic heterocycles. The molecule has 2 N–H and O–H groups in total. The van der Waals surface area contributed by atoms with Crippen molar-refractivity contribution in [3.63, 3.8) is 0 Å². The van der Waals surface area contributed by atoms with Crippen LogP contribution >= 0.6 is 11.3 Å². The summed E-state index contributed by atoms with van der Waals surface area (Å²) in [6.07, 6.45) is 3.34. The van der Waals surface area contributed by atoms with Crippen LogP contribution in [0.15, 0.2) is 41.9 Å². The van der Waals surface area contributed by atoms with Gasteiger partial charge in [-0.2, -0.15) is 0 Å². The third-order valence-electron chi connectivity index (χ3n) is 4.00. The number of anilines is 1. The first-order valence-corrected chi connectivity index (χ1v) is 8.87. The number of hydrogen-bond acceptors (Lipinski definition) is 4. The Balaban J connectivity index is 1.51. The van der Waals surface area contributed by atoms with Gasteiger partial charge in [0.25, 0.3) is 0 Å². The average Bonchev–Trinajstić information content (AvgIpc) is 3.13. The summed E-state index contributed by atoms with van der Waals surface area (Å²) in [5.74, 6) is -0.189. The van der Waals surface area contributed by atoms with Gasteiger partial charge in [0.1, 0.15) is 0 Å². The number of nitrogens with zero attached hydrogens (tertiary/aromatic N) is 2. The van der Waals surface area contributed by atoms with Crippen LogP contribution in [0, 0.1) is 5.92 Å². The number of amides is 3. The number of thiophene rings is 1. The van der Waals surface area contributed by atoms with Crippen molar-refractivity contribution < 1.29 is 9.59 Å². The Labute approximate surface area is 144 Å². The molecular formula is C17H20N4O2S. The number of rotatable bonds is 4. The Kier molecular flexibility index (Phi) is 5.43. The van der Waals surface area contributed by atoms with E-state index in [1.54, 1.807) is 11.1 Å². The zero-order valence-electron chi connectivity index (χ0n) is 13.3. The number of pyridine rings is 1. The molecule has 1 aliphatic heterocycles. The minimum absolute atomic E-state index is 0.0192. The summed E-state index contributed by atoms with van der Waals surface area (Å²) in [6, 6.07) is 9.23. The number of likely N-dealkylation sites (tertiary alicyclic amines) is 1. The summed E-state index contributed by atoms with van der Waals surface area (Å²) in [6.45, 7) is 1.55. The number of carbonyl (C=O) groups excluding carboxylic acids is 2. The topological polar surface area (TPSA) is 74.3 Å². The van der Waals surface area contributed by atoms with Gasteiger partial charge in [-0.25, -0.2) is 4.79 Å². The highest BCUT2D eigenvalue weighted by molar-refractivity contribution is 7.14. The first-order valence-electron chi connectivity index (χ1n) is 7.99. The van der Waals surface area contributed by atoms with Gasteiger partial charge in [-0.15, -0.1) is 11.3 Å². The van der Waals surface area contributed by atoms with E-state index in [-0.39, 0.29) is 17.9 Å². The third-order valence-corrected chi connectivity index (χ3v) is 4.79. The maximum Gasteiger partial charge on any atom is 0.322 e. The second kappa shape index (κ2) is 7.92. The van der Waals surface area contributed by atoms with Crippen LogP contribution in [0.4, 0.5) is 9.80 Å². The highest BCUT2D eigenvalue weighted by Crippen LogP contribution is 2.20. The van der Waals surface area contributed by atoms with E-state index >= 15 is 0 Å². The normalized spacial score (nSPS) is 17.3. The van der Waals surface area contributed by atoms with Gasteiger partial charge in [0.15, 0.2) is 0 Å². The standard InChI is InChI=1S/C17H20N4O2S/c22-16(19-11-14-6-1-2-8-18-14)13-5-3-9-21(12-13)17(23)20-15-7-4-10-24-15/h1-2,4,6-8,10,13H,3,5,9,11-12H2,(H,19,22)(H,20,23). The second-order valence-electron chi connectivity index (χ2n) is 5.73. The van der Waals surface area contributed by atoms with Crippen LogP contribution in [0.5, 0.6) is 0 Å². The minimum Gasteiger partial charge on any atom is -0.350 e. The minimum atomic E-state index is -0.170. The molecule has 24 heavy (non-hydrogen) atoms. The Hall–Kier alpha value is -2.41. The van der Waals surface area contributed by atoms with Gasteiger partial charge in [0, 0.05) is 19.3 Å². The van der Waals surface area contributed by atoms with E-state index in [4.69, 9.17) is 0 Å². The lowest BCUT2D eigenvalue weighted by Crippen LogP contribution is -2.46. The summed E-state index contributed by atoms with van der Waals surface area (Å²) in [5, 5.41) is 8.53. The van der Waals surface area contributed by atoms with Crippen LogP contribution in [0.1, 0.15) is 18.5 Å². The number of hydrogen-bond donors (Lipinski definition) is 2. The SMILES string of the molecule is O=C(NCc1ccccn1)C1CCCN(C(=O)Nc2cccs2)C1. The molecular weight excluding hydrogens is 324 g/mol. The number of urea groups is 1. The quantitative estimate of drug-likeness (QED) is 0.895. The summed E-state index contributed by atoms with van der Waals surface area (Å²) < 4.78 is 0. The molecule has 1 fully saturated rings. The fourth-order valence-electron chi connectivity index (χ4n) is 2.73. The Morgan fingerprint density at radius 2 is 2.21 bits per heavy atom. The van der Waals surface area contributed by atoms with Crippen molar-refractivity contribution >= 4 is 28.3 Å². The largest absolute Gasteiger partial charge is 0.350 e. The average molecular weight is 344 g/mol. The molecule has 1 unspecified atom stereocenters. The molecule has 0 aliphatic carbocycles. The lowest BCUT2D eigenvalue weighted by atomic mass is 9.97. The molecule has 0 saturated carbocycles. The van der Waals surface area contributed by atoms with E-state index in [9.17, 15) is 9.59 Å². The first-order chi connectivity index (χ1) is 11.7. The van der Waals surface area contributed by atoms with E-state index in [0.29, 0.717) is 19.6 Å². The van der Waals surface area contributed by atoms with Crippen molar-refractivity contribution in [3.8, 4) is 0 Å². The van der Waals surface area contributed by atoms with E-state index in [1.807, 2.05) is 35.7 Å². The van der Waals surface area contributed by atoms with Crippen LogP contribution in [-0.2, 0) is 11.3 Å². The summed E-state index contributed by atoms with van der Waals surface area (Å²) in [4.78, 5) is 30.6. The molecule has 2 aromatic rings. The van der Waals surface area contributed by atoms with Gasteiger partial charge in [0.2, 0.25) is 5.91 Å². The van der Waals surface area contributed by atoms with Gasteiger partial charge < -0.3 is 10.2 Å². The molecule has 0 radical (unpaired) electrons. The summed E-state index contributed by atoms with van der Waals surface area (Å²) >= 11 is 1.48. The van der Waals surface area contributed by atoms with Gasteiger partial charge in [-0.1, -0.05) is 6.07 Å². The van der Waals surface area contributed by atoms with Crippen LogP contribution in [0.2, 0.25) is 0 Å². The van der Waals surface area contributed by atoms with Crippen LogP contribution < -0.4 is 10.6 Å². The maximum absolute atomic E-state index is 12.4. The highest BCUT2D eigenvalue weighted by atomic mass is 32.1. The number of nitrogens with one attached hydrogen (secondary N) is 2. The van der Waals surface area contributed by atoms with Crippen molar-refractivity contribution in [2.45, 2.75) is 19.4 Å². The fourth-order valence-corrected chi connectivity index (χ4v) is 3.34.